The molecule has 4 rings (SSSR count). The molecule has 204 valence electrons. The van der Waals surface area contributed by atoms with Crippen molar-refractivity contribution < 1.29 is 17.6 Å². The predicted octanol–water partition coefficient (Wildman–Crippen LogP) is 5.90. The van der Waals surface area contributed by atoms with Gasteiger partial charge in [0.2, 0.25) is 10.0 Å². The summed E-state index contributed by atoms with van der Waals surface area (Å²) in [4.78, 5) is 12.7. The van der Waals surface area contributed by atoms with Gasteiger partial charge in [-0.05, 0) is 60.9 Å². The predicted molar refractivity (Wildman–Crippen MR) is 155 cm³/mol. The normalized spacial score (nSPS) is 11.8. The van der Waals surface area contributed by atoms with Crippen molar-refractivity contribution in [2.24, 2.45) is 0 Å². The minimum Gasteiger partial charge on any atom is -0.460 e. The van der Waals surface area contributed by atoms with Gasteiger partial charge in [0, 0.05) is 24.2 Å². The van der Waals surface area contributed by atoms with E-state index < -0.39 is 15.9 Å². The maximum atomic E-state index is 13.6. The van der Waals surface area contributed by atoms with Crippen molar-refractivity contribution in [3.63, 3.8) is 0 Å². The first-order chi connectivity index (χ1) is 19.2. The summed E-state index contributed by atoms with van der Waals surface area (Å²) in [5.41, 5.74) is 2.66. The molecule has 0 radical (unpaired) electrons. The van der Waals surface area contributed by atoms with Crippen LogP contribution < -0.4 is 5.32 Å². The maximum absolute atomic E-state index is 13.6. The second-order valence-corrected chi connectivity index (χ2v) is 11.6. The van der Waals surface area contributed by atoms with Crippen molar-refractivity contribution in [1.82, 2.24) is 9.62 Å². The van der Waals surface area contributed by atoms with Gasteiger partial charge >= 0.3 is 0 Å². The van der Waals surface area contributed by atoms with E-state index in [-0.39, 0.29) is 29.3 Å². The first kappa shape index (κ1) is 28.8. The van der Waals surface area contributed by atoms with Crippen LogP contribution in [0, 0.1) is 18.3 Å². The highest BCUT2D eigenvalue weighted by molar-refractivity contribution is 7.89. The van der Waals surface area contributed by atoms with Gasteiger partial charge in [0.15, 0.2) is 0 Å². The number of carbonyl (C=O) groups is 1. The number of furan rings is 1. The fourth-order valence-electron chi connectivity index (χ4n) is 3.96. The number of hydrogen-bond donors (Lipinski definition) is 1. The summed E-state index contributed by atoms with van der Waals surface area (Å²) in [5, 5.41) is 12.8. The van der Waals surface area contributed by atoms with Crippen LogP contribution in [0.2, 0.25) is 5.02 Å². The lowest BCUT2D eigenvalue weighted by molar-refractivity contribution is -0.117. The van der Waals surface area contributed by atoms with Gasteiger partial charge in [0.05, 0.1) is 11.4 Å². The number of nitrogens with one attached hydrogen (secondary N) is 1. The summed E-state index contributed by atoms with van der Waals surface area (Å²) in [7, 11) is -3.88. The molecule has 0 saturated heterocycles. The molecule has 0 fully saturated rings. The second kappa shape index (κ2) is 13.3. The monoisotopic (exact) mass is 573 g/mol. The van der Waals surface area contributed by atoms with Gasteiger partial charge in [-0.3, -0.25) is 4.79 Å². The van der Waals surface area contributed by atoms with Crippen LogP contribution in [0.15, 0.2) is 106 Å². The zero-order chi connectivity index (χ0) is 28.5. The average molecular weight is 574 g/mol. The van der Waals surface area contributed by atoms with Gasteiger partial charge in [-0.25, -0.2) is 8.42 Å². The SMILES string of the molecule is Cc1ccc(S(=O)(=O)N(Cc2ccc(Cl)cc2)Cc2ccc(/C=C(/C#N)C(=O)NCCc3ccccc3)o2)cc1. The standard InChI is InChI=1S/C31H28ClN3O4S/c1-23-7-15-30(16-8-23)40(37,38)35(21-25-9-11-27(32)12-10-25)22-29-14-13-28(39-29)19-26(20-33)31(36)34-18-17-24-5-3-2-4-6-24/h2-16,19H,17-18,21-22H2,1H3,(H,34,36)/b26-19-. The first-order valence-corrected chi connectivity index (χ1v) is 14.4. The Morgan fingerprint density at radius 3 is 2.33 bits per heavy atom. The number of benzene rings is 3. The quantitative estimate of drug-likeness (QED) is 0.178. The number of carbonyl (C=O) groups excluding carboxylic acids is 1. The van der Waals surface area contributed by atoms with Crippen LogP contribution in [0.5, 0.6) is 0 Å². The molecule has 7 nitrogen and oxygen atoms in total. The van der Waals surface area contributed by atoms with E-state index in [1.54, 1.807) is 60.7 Å². The zero-order valence-electron chi connectivity index (χ0n) is 21.9. The van der Waals surface area contributed by atoms with Crippen LogP contribution in [0.1, 0.15) is 28.2 Å². The number of nitriles is 1. The van der Waals surface area contributed by atoms with Crippen LogP contribution in [-0.4, -0.2) is 25.2 Å². The summed E-state index contributed by atoms with van der Waals surface area (Å²) >= 11 is 6.01. The Labute approximate surface area is 239 Å². The largest absolute Gasteiger partial charge is 0.460 e. The topological polar surface area (TPSA) is 103 Å². The number of amides is 1. The van der Waals surface area contributed by atoms with Gasteiger partial charge < -0.3 is 9.73 Å². The molecule has 0 aliphatic carbocycles. The fraction of sp³-hybridized carbons (Fsp3) is 0.161. The molecule has 4 aromatic rings. The molecule has 0 saturated carbocycles. The molecule has 0 atom stereocenters. The molecule has 40 heavy (non-hydrogen) atoms. The minimum atomic E-state index is -3.88. The average Bonchev–Trinajstić information content (AvgIpc) is 3.40. The Hall–Kier alpha value is -4.16. The van der Waals surface area contributed by atoms with E-state index in [1.165, 1.54) is 10.4 Å². The highest BCUT2D eigenvalue weighted by Gasteiger charge is 2.26. The van der Waals surface area contributed by atoms with Crippen molar-refractivity contribution in [3.8, 4) is 6.07 Å². The van der Waals surface area contributed by atoms with Gasteiger partial charge in [-0.15, -0.1) is 0 Å². The Morgan fingerprint density at radius 1 is 0.950 bits per heavy atom. The highest BCUT2D eigenvalue weighted by atomic mass is 35.5. The summed E-state index contributed by atoms with van der Waals surface area (Å²) in [6.45, 7) is 2.30. The highest BCUT2D eigenvalue weighted by Crippen LogP contribution is 2.24. The van der Waals surface area contributed by atoms with E-state index in [0.717, 1.165) is 16.7 Å². The number of nitrogens with zero attached hydrogens (tertiary/aromatic N) is 2. The van der Waals surface area contributed by atoms with Gasteiger partial charge in [0.25, 0.3) is 5.91 Å². The lowest BCUT2D eigenvalue weighted by atomic mass is 10.1. The number of aryl methyl sites for hydroxylation is 1. The molecule has 0 spiro atoms. The lowest BCUT2D eigenvalue weighted by Crippen LogP contribution is -2.30. The van der Waals surface area contributed by atoms with Crippen LogP contribution in [0.4, 0.5) is 0 Å². The molecule has 1 N–H and O–H groups in total. The van der Waals surface area contributed by atoms with Crippen LogP contribution >= 0.6 is 11.6 Å². The van der Waals surface area contributed by atoms with Crippen molar-refractivity contribution in [1.29, 1.82) is 5.26 Å². The number of halogens is 1. The molecule has 0 bridgehead atoms. The summed E-state index contributed by atoms with van der Waals surface area (Å²) in [6.07, 6.45) is 1.98. The van der Waals surface area contributed by atoms with Gasteiger partial charge in [-0.2, -0.15) is 9.57 Å². The van der Waals surface area contributed by atoms with Crippen LogP contribution in [0.25, 0.3) is 6.08 Å². The summed E-state index contributed by atoms with van der Waals surface area (Å²) in [5.74, 6) is 0.115. The molecule has 0 aliphatic heterocycles. The second-order valence-electron chi connectivity index (χ2n) is 9.18. The zero-order valence-corrected chi connectivity index (χ0v) is 23.5. The van der Waals surface area contributed by atoms with Crippen molar-refractivity contribution in [3.05, 3.63) is 130 Å². The first-order valence-electron chi connectivity index (χ1n) is 12.6. The van der Waals surface area contributed by atoms with Gasteiger partial charge in [-0.1, -0.05) is 71.8 Å². The van der Waals surface area contributed by atoms with Crippen LogP contribution in [-0.2, 0) is 34.3 Å². The van der Waals surface area contributed by atoms with Gasteiger partial charge in [0.1, 0.15) is 23.2 Å². The minimum absolute atomic E-state index is 0.0577. The van der Waals surface area contributed by atoms with E-state index in [9.17, 15) is 18.5 Å². The van der Waals surface area contributed by atoms with Crippen LogP contribution in [0.3, 0.4) is 0 Å². The Bertz CT molecular complexity index is 1620. The van der Waals surface area contributed by atoms with Crippen molar-refractivity contribution >= 4 is 33.6 Å². The summed E-state index contributed by atoms with van der Waals surface area (Å²) < 4.78 is 34.3. The Morgan fingerprint density at radius 2 is 1.65 bits per heavy atom. The van der Waals surface area contributed by atoms with E-state index in [4.69, 9.17) is 16.0 Å². The maximum Gasteiger partial charge on any atom is 0.262 e. The number of hydrogen-bond acceptors (Lipinski definition) is 5. The van der Waals surface area contributed by atoms with E-state index in [2.05, 4.69) is 5.32 Å². The van der Waals surface area contributed by atoms with Crippen molar-refractivity contribution in [2.75, 3.05) is 6.54 Å². The molecule has 1 amide bonds. The van der Waals surface area contributed by atoms with E-state index >= 15 is 0 Å². The Balaban J connectivity index is 1.50. The third-order valence-electron chi connectivity index (χ3n) is 6.14. The lowest BCUT2D eigenvalue weighted by Gasteiger charge is -2.21. The van der Waals surface area contributed by atoms with E-state index in [0.29, 0.717) is 23.7 Å². The molecule has 0 aliphatic rings. The number of rotatable bonds is 11. The number of sulfonamides is 1. The molecule has 1 aromatic heterocycles. The molecular weight excluding hydrogens is 546 g/mol. The molecule has 1 heterocycles. The molecule has 3 aromatic carbocycles. The Kier molecular flexibility index (Phi) is 9.56. The smallest absolute Gasteiger partial charge is 0.262 e. The van der Waals surface area contributed by atoms with E-state index in [1.807, 2.05) is 43.3 Å². The molecule has 9 heteroatoms. The summed E-state index contributed by atoms with van der Waals surface area (Å²) in [6, 6.07) is 28.4. The third-order valence-corrected chi connectivity index (χ3v) is 8.20. The van der Waals surface area contributed by atoms with Crippen molar-refractivity contribution in [2.45, 2.75) is 31.3 Å². The third kappa shape index (κ3) is 7.70. The molecule has 0 unspecified atom stereocenters. The molecular formula is C31H28ClN3O4S. The fourth-order valence-corrected chi connectivity index (χ4v) is 5.48.